The Kier molecular flexibility index (Phi) is 1.98. The van der Waals surface area contributed by atoms with Crippen LogP contribution in [0.25, 0.3) is 0 Å². The van der Waals surface area contributed by atoms with Gasteiger partial charge in [0.2, 0.25) is 0 Å². The van der Waals surface area contributed by atoms with E-state index in [1.807, 2.05) is 0 Å². The quantitative estimate of drug-likeness (QED) is 0.756. The third-order valence-electron chi connectivity index (χ3n) is 2.64. The molecule has 15 heavy (non-hydrogen) atoms. The third kappa shape index (κ3) is 1.67. The van der Waals surface area contributed by atoms with Crippen molar-refractivity contribution in [1.29, 1.82) is 0 Å². The Morgan fingerprint density at radius 2 is 1.87 bits per heavy atom. The molecule has 5 heteroatoms. The molecule has 0 unspecified atom stereocenters. The van der Waals surface area contributed by atoms with Gasteiger partial charge in [0.15, 0.2) is 0 Å². The maximum absolute atomic E-state index is 13.3. The van der Waals surface area contributed by atoms with Crippen molar-refractivity contribution in [1.82, 2.24) is 0 Å². The minimum atomic E-state index is -2.81. The van der Waals surface area contributed by atoms with Gasteiger partial charge in [0.25, 0.3) is 5.92 Å². The van der Waals surface area contributed by atoms with E-state index >= 15 is 0 Å². The van der Waals surface area contributed by atoms with Gasteiger partial charge in [0.1, 0.15) is 11.6 Å². The second-order valence-electron chi connectivity index (χ2n) is 4.03. The second-order valence-corrected chi connectivity index (χ2v) is 4.03. The lowest BCUT2D eigenvalue weighted by atomic mass is 9.69. The first-order valence-corrected chi connectivity index (χ1v) is 4.48. The van der Waals surface area contributed by atoms with Crippen molar-refractivity contribution >= 4 is 0 Å². The summed E-state index contributed by atoms with van der Waals surface area (Å²) in [5.41, 5.74) is 4.38. The Labute approximate surface area is 84.5 Å². The normalized spacial score (nSPS) is 22.1. The highest BCUT2D eigenvalue weighted by Crippen LogP contribution is 2.50. The van der Waals surface area contributed by atoms with Crippen molar-refractivity contribution in [2.75, 3.05) is 0 Å². The first kappa shape index (κ1) is 10.3. The number of hydrogen-bond donors (Lipinski definition) is 2. The highest BCUT2D eigenvalue weighted by molar-refractivity contribution is 5.35. The molecule has 0 radical (unpaired) electrons. The van der Waals surface area contributed by atoms with Crippen LogP contribution >= 0.6 is 0 Å². The van der Waals surface area contributed by atoms with Gasteiger partial charge >= 0.3 is 0 Å². The van der Waals surface area contributed by atoms with Crippen molar-refractivity contribution in [3.05, 3.63) is 29.6 Å². The molecule has 0 aromatic heterocycles. The number of aromatic hydroxyl groups is 1. The molecule has 1 fully saturated rings. The zero-order valence-electron chi connectivity index (χ0n) is 7.80. The van der Waals surface area contributed by atoms with Crippen LogP contribution in [0.4, 0.5) is 13.2 Å². The molecule has 82 valence electrons. The van der Waals surface area contributed by atoms with Gasteiger partial charge < -0.3 is 10.8 Å². The number of halogens is 3. The van der Waals surface area contributed by atoms with Crippen LogP contribution in [-0.2, 0) is 5.54 Å². The molecule has 0 aliphatic heterocycles. The highest BCUT2D eigenvalue weighted by Gasteiger charge is 2.56. The van der Waals surface area contributed by atoms with Crippen LogP contribution in [0.2, 0.25) is 0 Å². The van der Waals surface area contributed by atoms with Crippen molar-refractivity contribution in [3.63, 3.8) is 0 Å². The fraction of sp³-hybridized carbons (Fsp3) is 0.400. The summed E-state index contributed by atoms with van der Waals surface area (Å²) in [4.78, 5) is 0. The van der Waals surface area contributed by atoms with E-state index < -0.39 is 30.1 Å². The predicted octanol–water partition coefficient (Wildman–Crippen LogP) is 2.11. The zero-order chi connectivity index (χ0) is 11.3. The summed E-state index contributed by atoms with van der Waals surface area (Å²) in [6.45, 7) is 0. The van der Waals surface area contributed by atoms with E-state index in [2.05, 4.69) is 0 Å². The Balaban J connectivity index is 2.32. The lowest BCUT2D eigenvalue weighted by molar-refractivity contribution is -0.125. The maximum Gasteiger partial charge on any atom is 0.252 e. The molecule has 0 atom stereocenters. The molecule has 0 heterocycles. The average molecular weight is 217 g/mol. The minimum absolute atomic E-state index is 0.0335. The Morgan fingerprint density at radius 1 is 1.27 bits per heavy atom. The molecule has 0 spiro atoms. The molecule has 1 aromatic rings. The Bertz CT molecular complexity index is 398. The van der Waals surface area contributed by atoms with Crippen LogP contribution in [0.3, 0.4) is 0 Å². The van der Waals surface area contributed by atoms with Crippen molar-refractivity contribution in [2.45, 2.75) is 24.3 Å². The smallest absolute Gasteiger partial charge is 0.252 e. The van der Waals surface area contributed by atoms with Gasteiger partial charge in [0.05, 0.1) is 5.54 Å². The number of nitrogens with two attached hydrogens (primary N) is 1. The Morgan fingerprint density at radius 3 is 2.33 bits per heavy atom. The molecule has 3 N–H and O–H groups in total. The summed E-state index contributed by atoms with van der Waals surface area (Å²) in [5, 5.41) is 8.97. The van der Waals surface area contributed by atoms with E-state index in [4.69, 9.17) is 10.8 Å². The first-order chi connectivity index (χ1) is 6.82. The minimum Gasteiger partial charge on any atom is -0.508 e. The van der Waals surface area contributed by atoms with Crippen LogP contribution < -0.4 is 5.73 Å². The largest absolute Gasteiger partial charge is 0.508 e. The van der Waals surface area contributed by atoms with Gasteiger partial charge in [-0.3, -0.25) is 0 Å². The first-order valence-electron chi connectivity index (χ1n) is 4.48. The molecular weight excluding hydrogens is 207 g/mol. The summed E-state index contributed by atoms with van der Waals surface area (Å²) < 4.78 is 38.7. The molecule has 0 amide bonds. The molecular formula is C10H10F3NO. The lowest BCUT2D eigenvalue weighted by Crippen LogP contribution is -2.55. The number of rotatable bonds is 1. The summed E-state index contributed by atoms with van der Waals surface area (Å²) >= 11 is 0. The number of phenols is 1. The second kappa shape index (κ2) is 2.88. The third-order valence-corrected chi connectivity index (χ3v) is 2.64. The zero-order valence-corrected chi connectivity index (χ0v) is 7.80. The van der Waals surface area contributed by atoms with E-state index in [0.717, 1.165) is 6.07 Å². The van der Waals surface area contributed by atoms with Gasteiger partial charge in [0, 0.05) is 24.5 Å². The van der Waals surface area contributed by atoms with Crippen molar-refractivity contribution in [3.8, 4) is 5.75 Å². The van der Waals surface area contributed by atoms with Gasteiger partial charge in [-0.25, -0.2) is 13.2 Å². The van der Waals surface area contributed by atoms with E-state index in [-0.39, 0.29) is 11.3 Å². The van der Waals surface area contributed by atoms with Gasteiger partial charge in [-0.05, 0) is 6.07 Å². The fourth-order valence-corrected chi connectivity index (χ4v) is 1.97. The van der Waals surface area contributed by atoms with Gasteiger partial charge in [-0.15, -0.1) is 0 Å². The predicted molar refractivity (Wildman–Crippen MR) is 48.1 cm³/mol. The van der Waals surface area contributed by atoms with Crippen LogP contribution in [-0.4, -0.2) is 11.0 Å². The van der Waals surface area contributed by atoms with E-state index in [0.29, 0.717) is 0 Å². The van der Waals surface area contributed by atoms with E-state index in [1.54, 1.807) is 0 Å². The van der Waals surface area contributed by atoms with Gasteiger partial charge in [-0.2, -0.15) is 0 Å². The molecule has 1 aromatic carbocycles. The van der Waals surface area contributed by atoms with Crippen molar-refractivity contribution < 1.29 is 18.3 Å². The lowest BCUT2D eigenvalue weighted by Gasteiger charge is -2.44. The SMILES string of the molecule is NC1(c2ccc(O)cc2F)CC(F)(F)C1. The average Bonchev–Trinajstić information content (AvgIpc) is 1.98. The summed E-state index contributed by atoms with van der Waals surface area (Å²) in [7, 11) is 0. The number of benzene rings is 1. The monoisotopic (exact) mass is 217 g/mol. The molecule has 0 bridgehead atoms. The standard InChI is InChI=1S/C10H10F3NO/c11-8-3-6(15)1-2-7(8)9(14)4-10(12,13)5-9/h1-3,15H,4-5,14H2. The van der Waals surface area contributed by atoms with Crippen molar-refractivity contribution in [2.24, 2.45) is 5.73 Å². The number of hydrogen-bond acceptors (Lipinski definition) is 2. The summed E-state index contributed by atoms with van der Waals surface area (Å²) in [5.74, 6) is -3.79. The Hall–Kier alpha value is -1.23. The maximum atomic E-state index is 13.3. The molecule has 1 aliphatic rings. The number of phenolic OH excluding ortho intramolecular Hbond substituents is 1. The molecule has 2 nitrogen and oxygen atoms in total. The summed E-state index contributed by atoms with van der Waals surface area (Å²) in [6.07, 6.45) is -1.11. The van der Waals surface area contributed by atoms with Crippen LogP contribution in [0.1, 0.15) is 18.4 Å². The molecule has 2 rings (SSSR count). The topological polar surface area (TPSA) is 46.2 Å². The van der Waals surface area contributed by atoms with E-state index in [9.17, 15) is 13.2 Å². The summed E-state index contributed by atoms with van der Waals surface area (Å²) in [6, 6.07) is 3.36. The molecule has 0 saturated heterocycles. The van der Waals surface area contributed by atoms with Crippen LogP contribution in [0, 0.1) is 5.82 Å². The van der Waals surface area contributed by atoms with Crippen LogP contribution in [0.15, 0.2) is 18.2 Å². The van der Waals surface area contributed by atoms with E-state index in [1.165, 1.54) is 12.1 Å². The fourth-order valence-electron chi connectivity index (χ4n) is 1.97. The van der Waals surface area contributed by atoms with Crippen LogP contribution in [0.5, 0.6) is 5.75 Å². The van der Waals surface area contributed by atoms with Gasteiger partial charge in [-0.1, -0.05) is 6.07 Å². The molecule has 1 aliphatic carbocycles. The number of alkyl halides is 2. The molecule has 1 saturated carbocycles. The highest BCUT2D eigenvalue weighted by atomic mass is 19.3.